The van der Waals surface area contributed by atoms with E-state index in [1.165, 1.54) is 18.2 Å². The molecule has 0 heterocycles. The zero-order valence-corrected chi connectivity index (χ0v) is 21.3. The van der Waals surface area contributed by atoms with Crippen LogP contribution in [0.3, 0.4) is 0 Å². The second kappa shape index (κ2) is 10.9. The lowest BCUT2D eigenvalue weighted by molar-refractivity contribution is -0.134. The molecule has 6 heteroatoms. The van der Waals surface area contributed by atoms with Gasteiger partial charge >= 0.3 is 12.1 Å². The summed E-state index contributed by atoms with van der Waals surface area (Å²) in [4.78, 5) is 25.1. The van der Waals surface area contributed by atoms with Crippen LogP contribution >= 0.6 is 0 Å². The van der Waals surface area contributed by atoms with Gasteiger partial charge in [-0.25, -0.2) is 4.79 Å². The van der Waals surface area contributed by atoms with E-state index in [4.69, 9.17) is 14.2 Å². The Kier molecular flexibility index (Phi) is 7.63. The fourth-order valence-corrected chi connectivity index (χ4v) is 4.59. The minimum absolute atomic E-state index is 0.0366. The number of para-hydroxylation sites is 1. The molecular weight excluding hydrogens is 454 g/mol. The summed E-state index contributed by atoms with van der Waals surface area (Å²) in [5.74, 6) is 0.158. The van der Waals surface area contributed by atoms with Crippen LogP contribution in [0.15, 0.2) is 66.7 Å². The van der Waals surface area contributed by atoms with Crippen LogP contribution in [-0.4, -0.2) is 25.8 Å². The van der Waals surface area contributed by atoms with Gasteiger partial charge in [-0.2, -0.15) is 0 Å². The van der Waals surface area contributed by atoms with Crippen LogP contribution in [0.1, 0.15) is 57.1 Å². The third kappa shape index (κ3) is 5.88. The molecule has 36 heavy (non-hydrogen) atoms. The van der Waals surface area contributed by atoms with E-state index in [0.717, 1.165) is 24.0 Å². The summed E-state index contributed by atoms with van der Waals surface area (Å²) in [6, 6.07) is 21.4. The maximum Gasteiger partial charge on any atom is 0.411 e. The highest BCUT2D eigenvalue weighted by molar-refractivity contribution is 5.88. The highest BCUT2D eigenvalue weighted by atomic mass is 16.6. The van der Waals surface area contributed by atoms with Crippen LogP contribution in [0.2, 0.25) is 0 Å². The number of methoxy groups -OCH3 is 1. The molecule has 0 radical (unpaired) electrons. The number of carbonyl (C=O) groups is 2. The number of hydrogen-bond donors (Lipinski definition) is 1. The number of fused-ring (bicyclic) bond motifs is 3. The number of ether oxygens (including phenoxy) is 3. The van der Waals surface area contributed by atoms with Crippen molar-refractivity contribution in [2.75, 3.05) is 19.0 Å². The fraction of sp³-hybridized carbons (Fsp3) is 0.333. The Morgan fingerprint density at radius 1 is 0.889 bits per heavy atom. The van der Waals surface area contributed by atoms with E-state index in [1.807, 2.05) is 24.3 Å². The molecular formula is C30H33NO5. The molecule has 3 aromatic rings. The average molecular weight is 488 g/mol. The van der Waals surface area contributed by atoms with Gasteiger partial charge in [0.25, 0.3) is 0 Å². The number of esters is 1. The largest absolute Gasteiger partial charge is 0.491 e. The van der Waals surface area contributed by atoms with Crippen LogP contribution in [0, 0.1) is 5.41 Å². The molecule has 0 saturated carbocycles. The molecule has 0 saturated heterocycles. The van der Waals surface area contributed by atoms with E-state index in [9.17, 15) is 9.59 Å². The fourth-order valence-electron chi connectivity index (χ4n) is 4.59. The molecule has 1 aliphatic rings. The number of hydrogen-bond acceptors (Lipinski definition) is 5. The molecule has 0 aliphatic heterocycles. The molecule has 1 aliphatic carbocycles. The summed E-state index contributed by atoms with van der Waals surface area (Å²) in [5.41, 5.74) is 5.15. The van der Waals surface area contributed by atoms with Crippen LogP contribution < -0.4 is 14.8 Å². The Hall–Kier alpha value is -3.80. The van der Waals surface area contributed by atoms with E-state index in [2.05, 4.69) is 50.4 Å². The second-order valence-corrected chi connectivity index (χ2v) is 10.2. The molecule has 3 aromatic carbocycles. The molecule has 1 N–H and O–H groups in total. The van der Waals surface area contributed by atoms with E-state index in [-0.39, 0.29) is 35.4 Å². The topological polar surface area (TPSA) is 73.9 Å². The number of nitrogens with one attached hydrogen (secondary N) is 1. The van der Waals surface area contributed by atoms with E-state index in [1.54, 1.807) is 18.2 Å². The van der Waals surface area contributed by atoms with Crippen LogP contribution in [0.5, 0.6) is 11.5 Å². The van der Waals surface area contributed by atoms with Gasteiger partial charge in [0.15, 0.2) is 11.5 Å². The van der Waals surface area contributed by atoms with Crippen molar-refractivity contribution in [3.8, 4) is 22.6 Å². The normalized spacial score (nSPS) is 12.4. The number of anilines is 1. The van der Waals surface area contributed by atoms with Crippen molar-refractivity contribution in [1.29, 1.82) is 0 Å². The third-order valence-corrected chi connectivity index (χ3v) is 6.29. The molecule has 0 fully saturated rings. The Morgan fingerprint density at radius 2 is 1.53 bits per heavy atom. The predicted octanol–water partition coefficient (Wildman–Crippen LogP) is 7.18. The summed E-state index contributed by atoms with van der Waals surface area (Å²) in [6.45, 7) is 6.62. The maximum atomic E-state index is 12.7. The first-order chi connectivity index (χ1) is 17.3. The number of rotatable bonds is 8. The molecule has 188 valence electrons. The van der Waals surface area contributed by atoms with Crippen molar-refractivity contribution >= 4 is 17.7 Å². The summed E-state index contributed by atoms with van der Waals surface area (Å²) < 4.78 is 16.6. The SMILES string of the molecule is COc1c(NC(=O)OCC2c3ccccc3-c3ccccc32)cccc1OC(=O)CCCC(C)(C)C. The standard InChI is InChI=1S/C30H33NO5/c1-30(2,3)18-10-17-27(32)36-26-16-9-15-25(28(26)34-4)31-29(33)35-19-24-22-13-7-5-11-20(22)21-12-6-8-14-23(21)24/h5-9,11-16,24H,10,17-19H2,1-4H3,(H,31,33). The van der Waals surface area contributed by atoms with Crippen molar-refractivity contribution in [1.82, 2.24) is 0 Å². The van der Waals surface area contributed by atoms with E-state index in [0.29, 0.717) is 12.1 Å². The summed E-state index contributed by atoms with van der Waals surface area (Å²) in [5, 5.41) is 2.73. The first-order valence-corrected chi connectivity index (χ1v) is 12.3. The van der Waals surface area contributed by atoms with Gasteiger partial charge in [-0.05, 0) is 52.6 Å². The van der Waals surface area contributed by atoms with Gasteiger partial charge in [0.1, 0.15) is 6.61 Å². The van der Waals surface area contributed by atoms with Crippen molar-refractivity contribution in [3.05, 3.63) is 77.9 Å². The molecule has 1 amide bonds. The molecule has 0 aromatic heterocycles. The van der Waals surface area contributed by atoms with Gasteiger partial charge in [0.05, 0.1) is 12.8 Å². The number of amides is 1. The molecule has 4 rings (SSSR count). The van der Waals surface area contributed by atoms with Crippen molar-refractivity contribution < 1.29 is 23.8 Å². The molecule has 0 unspecified atom stereocenters. The summed E-state index contributed by atoms with van der Waals surface area (Å²) >= 11 is 0. The first-order valence-electron chi connectivity index (χ1n) is 12.3. The monoisotopic (exact) mass is 487 g/mol. The summed E-state index contributed by atoms with van der Waals surface area (Å²) in [6.07, 6.45) is 1.36. The quantitative estimate of drug-likeness (QED) is 0.269. The minimum atomic E-state index is -0.608. The number of carbonyl (C=O) groups excluding carboxylic acids is 2. The van der Waals surface area contributed by atoms with Crippen LogP contribution in [0.4, 0.5) is 10.5 Å². The van der Waals surface area contributed by atoms with Crippen molar-refractivity contribution in [3.63, 3.8) is 0 Å². The summed E-state index contributed by atoms with van der Waals surface area (Å²) in [7, 11) is 1.47. The van der Waals surface area contributed by atoms with Crippen molar-refractivity contribution in [2.45, 2.75) is 46.0 Å². The lowest BCUT2D eigenvalue weighted by Gasteiger charge is -2.18. The van der Waals surface area contributed by atoms with Gasteiger partial charge < -0.3 is 14.2 Å². The first kappa shape index (κ1) is 25.3. The maximum absolute atomic E-state index is 12.7. The Morgan fingerprint density at radius 3 is 2.14 bits per heavy atom. The number of benzene rings is 3. The molecule has 0 bridgehead atoms. The Balaban J connectivity index is 1.40. The third-order valence-electron chi connectivity index (χ3n) is 6.29. The zero-order chi connectivity index (χ0) is 25.7. The van der Waals surface area contributed by atoms with Gasteiger partial charge in [0, 0.05) is 12.3 Å². The molecule has 0 spiro atoms. The van der Waals surface area contributed by atoms with Gasteiger partial charge in [-0.1, -0.05) is 75.4 Å². The molecule has 6 nitrogen and oxygen atoms in total. The van der Waals surface area contributed by atoms with Crippen LogP contribution in [-0.2, 0) is 9.53 Å². The highest BCUT2D eigenvalue weighted by Gasteiger charge is 2.29. The van der Waals surface area contributed by atoms with Crippen molar-refractivity contribution in [2.24, 2.45) is 5.41 Å². The predicted molar refractivity (Wildman–Crippen MR) is 141 cm³/mol. The smallest absolute Gasteiger partial charge is 0.411 e. The Labute approximate surface area is 212 Å². The van der Waals surface area contributed by atoms with Crippen LogP contribution in [0.25, 0.3) is 11.1 Å². The van der Waals surface area contributed by atoms with E-state index >= 15 is 0 Å². The van der Waals surface area contributed by atoms with Gasteiger partial charge in [0.2, 0.25) is 0 Å². The second-order valence-electron chi connectivity index (χ2n) is 10.2. The van der Waals surface area contributed by atoms with E-state index < -0.39 is 6.09 Å². The highest BCUT2D eigenvalue weighted by Crippen LogP contribution is 2.44. The molecule has 0 atom stereocenters. The lowest BCUT2D eigenvalue weighted by atomic mass is 9.90. The van der Waals surface area contributed by atoms with Gasteiger partial charge in [-0.15, -0.1) is 0 Å². The Bertz CT molecular complexity index is 1200. The minimum Gasteiger partial charge on any atom is -0.491 e. The lowest BCUT2D eigenvalue weighted by Crippen LogP contribution is -2.18. The zero-order valence-electron chi connectivity index (χ0n) is 21.3. The average Bonchev–Trinajstić information content (AvgIpc) is 3.16. The van der Waals surface area contributed by atoms with Gasteiger partial charge in [-0.3, -0.25) is 10.1 Å².